The molecule has 0 radical (unpaired) electrons. The van der Waals surface area contributed by atoms with Gasteiger partial charge >= 0.3 is 11.8 Å². The predicted molar refractivity (Wildman–Crippen MR) is 74.4 cm³/mol. The Kier molecular flexibility index (Phi) is 6.08. The van der Waals surface area contributed by atoms with E-state index in [4.69, 9.17) is 28.3 Å². The first-order valence-electron chi connectivity index (χ1n) is 5.66. The first-order chi connectivity index (χ1) is 9.01. The molecule has 2 amide bonds. The van der Waals surface area contributed by atoms with Crippen LogP contribution in [-0.2, 0) is 9.59 Å². The van der Waals surface area contributed by atoms with E-state index in [-0.39, 0.29) is 28.9 Å². The molecule has 0 atom stereocenters. The second-order valence-corrected chi connectivity index (χ2v) is 4.47. The van der Waals surface area contributed by atoms with Crippen molar-refractivity contribution in [2.24, 2.45) is 0 Å². The minimum absolute atomic E-state index is 0.0962. The van der Waals surface area contributed by atoms with Crippen molar-refractivity contribution in [1.82, 2.24) is 4.90 Å². The number of benzene rings is 1. The lowest BCUT2D eigenvalue weighted by atomic mass is 10.3. The quantitative estimate of drug-likeness (QED) is 0.833. The van der Waals surface area contributed by atoms with E-state index in [1.807, 2.05) is 0 Å². The molecule has 0 aromatic heterocycles. The number of nitrogens with zero attached hydrogens (tertiary/aromatic N) is 1. The van der Waals surface area contributed by atoms with E-state index in [9.17, 15) is 9.59 Å². The summed E-state index contributed by atoms with van der Waals surface area (Å²) < 4.78 is 0. The molecule has 0 saturated heterocycles. The van der Waals surface area contributed by atoms with E-state index in [2.05, 4.69) is 5.32 Å². The second kappa shape index (κ2) is 7.33. The highest BCUT2D eigenvalue weighted by Gasteiger charge is 2.21. The van der Waals surface area contributed by atoms with Crippen LogP contribution < -0.4 is 5.32 Å². The summed E-state index contributed by atoms with van der Waals surface area (Å²) in [6.45, 7) is 1.92. The summed E-state index contributed by atoms with van der Waals surface area (Å²) in [6.07, 6.45) is 0. The Morgan fingerprint density at radius 3 is 2.37 bits per heavy atom. The van der Waals surface area contributed by atoms with E-state index >= 15 is 0 Å². The fourth-order valence-corrected chi connectivity index (χ4v) is 1.94. The highest BCUT2D eigenvalue weighted by atomic mass is 35.5. The van der Waals surface area contributed by atoms with Gasteiger partial charge in [-0.25, -0.2) is 0 Å². The number of carbonyl (C=O) groups excluding carboxylic acids is 2. The van der Waals surface area contributed by atoms with Crippen LogP contribution in [0.3, 0.4) is 0 Å². The van der Waals surface area contributed by atoms with Gasteiger partial charge in [0.15, 0.2) is 0 Å². The highest BCUT2D eigenvalue weighted by Crippen LogP contribution is 2.29. The number of hydrogen-bond acceptors (Lipinski definition) is 3. The van der Waals surface area contributed by atoms with Gasteiger partial charge in [0.05, 0.1) is 22.3 Å². The molecule has 1 aromatic carbocycles. The smallest absolute Gasteiger partial charge is 0.313 e. The zero-order chi connectivity index (χ0) is 14.4. The first kappa shape index (κ1) is 15.8. The average Bonchev–Trinajstić information content (AvgIpc) is 2.39. The number of anilines is 1. The van der Waals surface area contributed by atoms with Crippen molar-refractivity contribution in [3.05, 3.63) is 28.2 Å². The summed E-state index contributed by atoms with van der Waals surface area (Å²) in [5.41, 5.74) is 0.198. The molecule has 0 heterocycles. The molecule has 104 valence electrons. The predicted octanol–water partition coefficient (Wildman–Crippen LogP) is 1.77. The zero-order valence-corrected chi connectivity index (χ0v) is 11.8. The molecule has 1 aromatic rings. The molecule has 0 aliphatic rings. The number of carbonyl (C=O) groups is 2. The van der Waals surface area contributed by atoms with Crippen LogP contribution in [0.5, 0.6) is 0 Å². The summed E-state index contributed by atoms with van der Waals surface area (Å²) in [5, 5.41) is 11.7. The topological polar surface area (TPSA) is 69.6 Å². The van der Waals surface area contributed by atoms with Crippen molar-refractivity contribution >= 4 is 40.7 Å². The lowest BCUT2D eigenvalue weighted by molar-refractivity contribution is -0.143. The highest BCUT2D eigenvalue weighted by molar-refractivity contribution is 6.44. The van der Waals surface area contributed by atoms with Crippen molar-refractivity contribution in [3.8, 4) is 0 Å². The average molecular weight is 305 g/mol. The zero-order valence-electron chi connectivity index (χ0n) is 10.3. The minimum atomic E-state index is -0.842. The lowest BCUT2D eigenvalue weighted by Crippen LogP contribution is -2.41. The van der Waals surface area contributed by atoms with Gasteiger partial charge in [-0.2, -0.15) is 0 Å². The summed E-state index contributed by atoms with van der Waals surface area (Å²) in [6, 6.07) is 4.74. The van der Waals surface area contributed by atoms with E-state index < -0.39 is 11.8 Å². The summed E-state index contributed by atoms with van der Waals surface area (Å²) >= 11 is 11.8. The van der Waals surface area contributed by atoms with Crippen LogP contribution in [0.4, 0.5) is 5.69 Å². The SMILES string of the molecule is CCN(CCO)C(=O)C(=O)Nc1c(Cl)cccc1Cl. The third-order valence-corrected chi connectivity index (χ3v) is 3.06. The first-order valence-corrected chi connectivity index (χ1v) is 6.42. The third-order valence-electron chi connectivity index (χ3n) is 2.43. The van der Waals surface area contributed by atoms with Crippen LogP contribution in [-0.4, -0.2) is 41.5 Å². The number of amides is 2. The molecular formula is C12H14Cl2N2O3. The van der Waals surface area contributed by atoms with Crippen molar-refractivity contribution in [2.75, 3.05) is 25.0 Å². The molecule has 0 saturated carbocycles. The Hall–Kier alpha value is -1.30. The van der Waals surface area contributed by atoms with Crippen LogP contribution in [0, 0.1) is 0 Å². The fourth-order valence-electron chi connectivity index (χ4n) is 1.45. The van der Waals surface area contributed by atoms with Crippen LogP contribution in [0.2, 0.25) is 10.0 Å². The monoisotopic (exact) mass is 304 g/mol. The number of halogens is 2. The molecule has 2 N–H and O–H groups in total. The summed E-state index contributed by atoms with van der Waals surface area (Å²) in [7, 11) is 0. The Morgan fingerprint density at radius 1 is 1.32 bits per heavy atom. The Balaban J connectivity index is 2.82. The maximum Gasteiger partial charge on any atom is 0.313 e. The molecule has 1 rings (SSSR count). The van der Waals surface area contributed by atoms with Gasteiger partial charge in [-0.1, -0.05) is 29.3 Å². The molecule has 0 unspecified atom stereocenters. The number of hydrogen-bond donors (Lipinski definition) is 2. The molecule has 0 fully saturated rings. The molecule has 0 aliphatic carbocycles. The van der Waals surface area contributed by atoms with E-state index in [0.717, 1.165) is 0 Å². The van der Waals surface area contributed by atoms with Gasteiger partial charge in [-0.3, -0.25) is 9.59 Å². The van der Waals surface area contributed by atoms with Crippen LogP contribution in [0.1, 0.15) is 6.92 Å². The van der Waals surface area contributed by atoms with Crippen molar-refractivity contribution in [1.29, 1.82) is 0 Å². The van der Waals surface area contributed by atoms with Gasteiger partial charge in [-0.05, 0) is 19.1 Å². The number of aliphatic hydroxyl groups is 1. The van der Waals surface area contributed by atoms with E-state index in [0.29, 0.717) is 6.54 Å². The molecule has 0 aliphatic heterocycles. The number of para-hydroxylation sites is 1. The van der Waals surface area contributed by atoms with Gasteiger partial charge in [0.25, 0.3) is 0 Å². The third kappa shape index (κ3) is 4.09. The number of likely N-dealkylation sites (N-methyl/N-ethyl adjacent to an activating group) is 1. The van der Waals surface area contributed by atoms with E-state index in [1.54, 1.807) is 25.1 Å². The fraction of sp³-hybridized carbons (Fsp3) is 0.333. The molecular weight excluding hydrogens is 291 g/mol. The largest absolute Gasteiger partial charge is 0.395 e. The Morgan fingerprint density at radius 2 is 1.89 bits per heavy atom. The molecule has 19 heavy (non-hydrogen) atoms. The van der Waals surface area contributed by atoms with Gasteiger partial charge in [0.2, 0.25) is 0 Å². The lowest BCUT2D eigenvalue weighted by Gasteiger charge is -2.19. The van der Waals surface area contributed by atoms with Crippen molar-refractivity contribution < 1.29 is 14.7 Å². The number of rotatable bonds is 4. The van der Waals surface area contributed by atoms with E-state index in [1.165, 1.54) is 4.90 Å². The molecule has 5 nitrogen and oxygen atoms in total. The summed E-state index contributed by atoms with van der Waals surface area (Å²) in [4.78, 5) is 24.8. The molecule has 7 heteroatoms. The van der Waals surface area contributed by atoms with Crippen molar-refractivity contribution in [2.45, 2.75) is 6.92 Å². The number of nitrogens with one attached hydrogen (secondary N) is 1. The van der Waals surface area contributed by atoms with Crippen LogP contribution in [0.25, 0.3) is 0 Å². The van der Waals surface area contributed by atoms with Gasteiger partial charge in [0.1, 0.15) is 0 Å². The molecule has 0 bridgehead atoms. The Labute approximate surface area is 121 Å². The van der Waals surface area contributed by atoms with Crippen LogP contribution >= 0.6 is 23.2 Å². The van der Waals surface area contributed by atoms with Crippen LogP contribution in [0.15, 0.2) is 18.2 Å². The summed E-state index contributed by atoms with van der Waals surface area (Å²) in [5.74, 6) is -1.59. The number of aliphatic hydroxyl groups excluding tert-OH is 1. The minimum Gasteiger partial charge on any atom is -0.395 e. The standard InChI is InChI=1S/C12H14Cl2N2O3/c1-2-16(6-7-17)12(19)11(18)15-10-8(13)4-3-5-9(10)14/h3-5,17H,2,6-7H2,1H3,(H,15,18). The maximum absolute atomic E-state index is 11.8. The van der Waals surface area contributed by atoms with Gasteiger partial charge < -0.3 is 15.3 Å². The second-order valence-electron chi connectivity index (χ2n) is 3.66. The normalized spacial score (nSPS) is 10.1. The van der Waals surface area contributed by atoms with Crippen molar-refractivity contribution in [3.63, 3.8) is 0 Å². The molecule has 0 spiro atoms. The Bertz CT molecular complexity index is 460. The van der Waals surface area contributed by atoms with Gasteiger partial charge in [0, 0.05) is 13.1 Å². The van der Waals surface area contributed by atoms with Gasteiger partial charge in [-0.15, -0.1) is 0 Å². The maximum atomic E-state index is 11.8.